The van der Waals surface area contributed by atoms with Crippen LogP contribution in [0.2, 0.25) is 0 Å². The molecule has 1 aromatic carbocycles. The maximum absolute atomic E-state index is 10.1. The van der Waals surface area contributed by atoms with Crippen molar-refractivity contribution in [1.29, 1.82) is 0 Å². The third kappa shape index (κ3) is 4.53. The lowest BCUT2D eigenvalue weighted by atomic mass is 10.4. The molecule has 0 aliphatic rings. The number of benzene rings is 1. The van der Waals surface area contributed by atoms with Crippen molar-refractivity contribution in [3.63, 3.8) is 0 Å². The molecule has 1 heterocycles. The molecule has 0 radical (unpaired) electrons. The molecule has 0 bridgehead atoms. The van der Waals surface area contributed by atoms with Gasteiger partial charge in [0.05, 0.1) is 0 Å². The van der Waals surface area contributed by atoms with Crippen LogP contribution in [0.5, 0.6) is 0 Å². The van der Waals surface area contributed by atoms with E-state index in [0.717, 1.165) is 0 Å². The van der Waals surface area contributed by atoms with Gasteiger partial charge in [0.2, 0.25) is 0 Å². The lowest BCUT2D eigenvalue weighted by Gasteiger charge is -1.72. The Balaban J connectivity index is 0.000000132. The molecule has 0 saturated heterocycles. The molecule has 0 atom stereocenters. The molecule has 66 valence electrons. The van der Waals surface area contributed by atoms with Crippen molar-refractivity contribution in [1.82, 2.24) is 9.97 Å². The van der Waals surface area contributed by atoms with E-state index in [2.05, 4.69) is 9.97 Å². The highest BCUT2D eigenvalue weighted by atomic mass is 16.1. The number of aromatic amines is 1. The highest BCUT2D eigenvalue weighted by Gasteiger charge is 1.70. The van der Waals surface area contributed by atoms with Crippen molar-refractivity contribution in [2.75, 3.05) is 0 Å². The van der Waals surface area contributed by atoms with Crippen molar-refractivity contribution >= 4 is 0 Å². The summed E-state index contributed by atoms with van der Waals surface area (Å²) in [6, 6.07) is 13.7. The third-order valence-electron chi connectivity index (χ3n) is 1.25. The van der Waals surface area contributed by atoms with E-state index in [4.69, 9.17) is 0 Å². The molecule has 1 N–H and O–H groups in total. The molecule has 2 rings (SSSR count). The Labute approximate surface area is 76.1 Å². The van der Waals surface area contributed by atoms with Crippen LogP contribution < -0.4 is 5.69 Å². The van der Waals surface area contributed by atoms with Crippen molar-refractivity contribution in [3.8, 4) is 0 Å². The summed E-state index contributed by atoms with van der Waals surface area (Å²) in [5.41, 5.74) is -0.303. The second kappa shape index (κ2) is 5.71. The summed E-state index contributed by atoms with van der Waals surface area (Å²) < 4.78 is 0. The minimum atomic E-state index is -0.303. The molecule has 0 aliphatic heterocycles. The summed E-state index contributed by atoms with van der Waals surface area (Å²) in [6.07, 6.45) is 2.98. The van der Waals surface area contributed by atoms with Crippen LogP contribution in [0.3, 0.4) is 0 Å². The van der Waals surface area contributed by atoms with E-state index in [0.29, 0.717) is 0 Å². The maximum atomic E-state index is 10.1. The zero-order chi connectivity index (χ0) is 9.36. The lowest BCUT2D eigenvalue weighted by Crippen LogP contribution is -2.05. The highest BCUT2D eigenvalue weighted by molar-refractivity contribution is 4.99. The van der Waals surface area contributed by atoms with Crippen molar-refractivity contribution < 1.29 is 0 Å². The topological polar surface area (TPSA) is 45.8 Å². The minimum absolute atomic E-state index is 0.303. The zero-order valence-corrected chi connectivity index (χ0v) is 7.05. The van der Waals surface area contributed by atoms with E-state index in [9.17, 15) is 4.79 Å². The minimum Gasteiger partial charge on any atom is -0.313 e. The quantitative estimate of drug-likeness (QED) is 0.657. The largest absolute Gasteiger partial charge is 0.344 e. The molecule has 2 aromatic rings. The Morgan fingerprint density at radius 2 is 1.46 bits per heavy atom. The van der Waals surface area contributed by atoms with Gasteiger partial charge >= 0.3 is 5.69 Å². The molecular weight excluding hydrogens is 164 g/mol. The van der Waals surface area contributed by atoms with Gasteiger partial charge in [0.25, 0.3) is 0 Å². The van der Waals surface area contributed by atoms with Gasteiger partial charge in [0.1, 0.15) is 0 Å². The van der Waals surface area contributed by atoms with Gasteiger partial charge in [-0.1, -0.05) is 36.4 Å². The van der Waals surface area contributed by atoms with Gasteiger partial charge in [-0.3, -0.25) is 0 Å². The molecule has 13 heavy (non-hydrogen) atoms. The van der Waals surface area contributed by atoms with E-state index < -0.39 is 0 Å². The number of nitrogens with one attached hydrogen (secondary N) is 1. The Morgan fingerprint density at radius 1 is 0.923 bits per heavy atom. The SMILES string of the molecule is O=c1nccc[nH]1.c1ccccc1. The van der Waals surface area contributed by atoms with Gasteiger partial charge in [0, 0.05) is 12.4 Å². The average Bonchev–Trinajstić information content (AvgIpc) is 2.22. The van der Waals surface area contributed by atoms with Crippen molar-refractivity contribution in [3.05, 3.63) is 65.3 Å². The Morgan fingerprint density at radius 3 is 1.69 bits per heavy atom. The lowest BCUT2D eigenvalue weighted by molar-refractivity contribution is 1.08. The first-order valence-corrected chi connectivity index (χ1v) is 3.89. The molecular formula is C10H10N2O. The van der Waals surface area contributed by atoms with E-state index in [-0.39, 0.29) is 5.69 Å². The van der Waals surface area contributed by atoms with Crippen LogP contribution in [-0.4, -0.2) is 9.97 Å². The Hall–Kier alpha value is -1.90. The number of nitrogens with zero attached hydrogens (tertiary/aromatic N) is 1. The first-order chi connectivity index (χ1) is 6.39. The van der Waals surface area contributed by atoms with E-state index in [1.54, 1.807) is 6.07 Å². The molecule has 0 saturated carbocycles. The molecule has 1 aromatic heterocycles. The third-order valence-corrected chi connectivity index (χ3v) is 1.25. The highest BCUT2D eigenvalue weighted by Crippen LogP contribution is 1.79. The predicted molar refractivity (Wildman–Crippen MR) is 51.3 cm³/mol. The summed E-state index contributed by atoms with van der Waals surface area (Å²) in [5.74, 6) is 0. The smallest absolute Gasteiger partial charge is 0.313 e. The van der Waals surface area contributed by atoms with Gasteiger partial charge in [-0.25, -0.2) is 9.78 Å². The summed E-state index contributed by atoms with van der Waals surface area (Å²) >= 11 is 0. The molecule has 3 nitrogen and oxygen atoms in total. The number of aromatic nitrogens is 2. The molecule has 0 amide bonds. The second-order valence-electron chi connectivity index (χ2n) is 2.24. The molecule has 0 fully saturated rings. The van der Waals surface area contributed by atoms with Crippen molar-refractivity contribution in [2.24, 2.45) is 0 Å². The van der Waals surface area contributed by atoms with Gasteiger partial charge in [-0.2, -0.15) is 0 Å². The van der Waals surface area contributed by atoms with E-state index >= 15 is 0 Å². The fourth-order valence-corrected chi connectivity index (χ4v) is 0.695. The standard InChI is InChI=1S/C6H6.C4H4N2O/c1-2-4-6-5-3-1;7-4-5-2-1-3-6-4/h1-6H;1-3H,(H,5,6,7). The molecule has 0 unspecified atom stereocenters. The first-order valence-electron chi connectivity index (χ1n) is 3.89. The van der Waals surface area contributed by atoms with E-state index in [1.165, 1.54) is 12.4 Å². The van der Waals surface area contributed by atoms with Gasteiger partial charge in [0.15, 0.2) is 0 Å². The second-order valence-corrected chi connectivity index (χ2v) is 2.24. The fraction of sp³-hybridized carbons (Fsp3) is 0. The maximum Gasteiger partial charge on any atom is 0.344 e. The normalized spacial score (nSPS) is 8.31. The zero-order valence-electron chi connectivity index (χ0n) is 7.05. The summed E-state index contributed by atoms with van der Waals surface area (Å²) in [6.45, 7) is 0. The van der Waals surface area contributed by atoms with Crippen LogP contribution in [0.4, 0.5) is 0 Å². The van der Waals surface area contributed by atoms with Crippen molar-refractivity contribution in [2.45, 2.75) is 0 Å². The number of hydrogen-bond donors (Lipinski definition) is 1. The summed E-state index contributed by atoms with van der Waals surface area (Å²) in [7, 11) is 0. The molecule has 0 spiro atoms. The van der Waals surface area contributed by atoms with Crippen LogP contribution >= 0.6 is 0 Å². The molecule has 3 heteroatoms. The van der Waals surface area contributed by atoms with Crippen LogP contribution in [0, 0.1) is 0 Å². The average molecular weight is 174 g/mol. The van der Waals surface area contributed by atoms with E-state index in [1.807, 2.05) is 36.4 Å². The van der Waals surface area contributed by atoms with Crippen LogP contribution in [0.15, 0.2) is 59.7 Å². The van der Waals surface area contributed by atoms with Gasteiger partial charge in [-0.15, -0.1) is 0 Å². The van der Waals surface area contributed by atoms with Gasteiger partial charge in [-0.05, 0) is 6.07 Å². The first kappa shape index (κ1) is 9.19. The number of hydrogen-bond acceptors (Lipinski definition) is 2. The predicted octanol–water partition coefficient (Wildman–Crippen LogP) is 1.46. The van der Waals surface area contributed by atoms with Gasteiger partial charge < -0.3 is 4.98 Å². The van der Waals surface area contributed by atoms with Crippen LogP contribution in [-0.2, 0) is 0 Å². The monoisotopic (exact) mass is 174 g/mol. The fourth-order valence-electron chi connectivity index (χ4n) is 0.695. The Kier molecular flexibility index (Phi) is 4.04. The number of rotatable bonds is 0. The van der Waals surface area contributed by atoms with Crippen LogP contribution in [0.1, 0.15) is 0 Å². The van der Waals surface area contributed by atoms with Crippen LogP contribution in [0.25, 0.3) is 0 Å². The summed E-state index contributed by atoms with van der Waals surface area (Å²) in [5, 5.41) is 0. The summed E-state index contributed by atoms with van der Waals surface area (Å²) in [4.78, 5) is 15.8. The Bertz CT molecular complexity index is 326. The molecule has 0 aliphatic carbocycles. The number of H-pyrrole nitrogens is 1.